The van der Waals surface area contributed by atoms with Crippen molar-refractivity contribution in [2.45, 2.75) is 16.7 Å². The molecule has 0 saturated heterocycles. The highest BCUT2D eigenvalue weighted by molar-refractivity contribution is 8.03. The van der Waals surface area contributed by atoms with Crippen molar-refractivity contribution in [1.29, 1.82) is 0 Å². The van der Waals surface area contributed by atoms with Gasteiger partial charge in [0.25, 0.3) is 0 Å². The normalized spacial score (nSPS) is 10.4. The Labute approximate surface area is 138 Å². The minimum absolute atomic E-state index is 0.0465. The molecule has 1 N–H and O–H groups in total. The molecular formula is C16H16ClNOS2. The largest absolute Gasteiger partial charge is 0.326 e. The van der Waals surface area contributed by atoms with E-state index < -0.39 is 0 Å². The van der Waals surface area contributed by atoms with Crippen LogP contribution in [0.2, 0.25) is 5.02 Å². The van der Waals surface area contributed by atoms with Crippen LogP contribution in [0, 0.1) is 0 Å². The summed E-state index contributed by atoms with van der Waals surface area (Å²) in [6.07, 6.45) is 0. The number of nitrogens with one attached hydrogen (secondary N) is 1. The molecule has 0 heterocycles. The van der Waals surface area contributed by atoms with E-state index in [2.05, 4.69) is 5.32 Å². The molecule has 0 bridgehead atoms. The first-order valence-corrected chi connectivity index (χ1v) is 8.87. The Balaban J connectivity index is 1.73. The average molecular weight is 338 g/mol. The van der Waals surface area contributed by atoms with Crippen molar-refractivity contribution in [3.05, 3.63) is 53.6 Å². The van der Waals surface area contributed by atoms with E-state index in [1.807, 2.05) is 72.1 Å². The second kappa shape index (κ2) is 8.37. The van der Waals surface area contributed by atoms with E-state index in [9.17, 15) is 4.79 Å². The molecule has 2 aromatic rings. The quantitative estimate of drug-likeness (QED) is 0.581. The van der Waals surface area contributed by atoms with Gasteiger partial charge in [-0.3, -0.25) is 4.79 Å². The number of anilines is 1. The lowest BCUT2D eigenvalue weighted by molar-refractivity contribution is -0.114. The molecule has 0 aliphatic rings. The van der Waals surface area contributed by atoms with Crippen LogP contribution < -0.4 is 5.32 Å². The van der Waals surface area contributed by atoms with Crippen LogP contribution in [0.3, 0.4) is 0 Å². The molecule has 2 rings (SSSR count). The van der Waals surface area contributed by atoms with Gasteiger partial charge in [0.15, 0.2) is 0 Å². The highest BCUT2D eigenvalue weighted by Crippen LogP contribution is 2.25. The van der Waals surface area contributed by atoms with Crippen molar-refractivity contribution in [2.75, 3.05) is 16.8 Å². The van der Waals surface area contributed by atoms with Gasteiger partial charge in [0, 0.05) is 38.9 Å². The number of benzene rings is 2. The summed E-state index contributed by atoms with van der Waals surface area (Å²) in [5.74, 6) is 2.03. The molecule has 0 fully saturated rings. The first-order chi connectivity index (χ1) is 10.1. The third kappa shape index (κ3) is 6.04. The van der Waals surface area contributed by atoms with Crippen molar-refractivity contribution in [3.63, 3.8) is 0 Å². The van der Waals surface area contributed by atoms with Crippen LogP contribution >= 0.6 is 35.1 Å². The van der Waals surface area contributed by atoms with Crippen molar-refractivity contribution in [2.24, 2.45) is 0 Å². The summed E-state index contributed by atoms with van der Waals surface area (Å²) in [4.78, 5) is 13.4. The van der Waals surface area contributed by atoms with Gasteiger partial charge in [-0.2, -0.15) is 0 Å². The summed E-state index contributed by atoms with van der Waals surface area (Å²) in [6.45, 7) is 1.51. The molecule has 0 saturated carbocycles. The van der Waals surface area contributed by atoms with Crippen molar-refractivity contribution in [1.82, 2.24) is 0 Å². The van der Waals surface area contributed by atoms with E-state index in [1.165, 1.54) is 16.7 Å². The van der Waals surface area contributed by atoms with Crippen LogP contribution in [0.15, 0.2) is 58.3 Å². The lowest BCUT2D eigenvalue weighted by atomic mass is 10.3. The molecule has 2 aromatic carbocycles. The number of halogens is 1. The molecule has 5 heteroatoms. The molecule has 1 amide bonds. The van der Waals surface area contributed by atoms with Gasteiger partial charge < -0.3 is 5.32 Å². The van der Waals surface area contributed by atoms with Crippen LogP contribution in [-0.4, -0.2) is 17.4 Å². The van der Waals surface area contributed by atoms with Crippen molar-refractivity contribution < 1.29 is 4.79 Å². The predicted molar refractivity (Wildman–Crippen MR) is 93.6 cm³/mol. The van der Waals surface area contributed by atoms with Crippen molar-refractivity contribution >= 4 is 46.7 Å². The fourth-order valence-electron chi connectivity index (χ4n) is 1.69. The van der Waals surface area contributed by atoms with Gasteiger partial charge in [0.1, 0.15) is 0 Å². The second-order valence-corrected chi connectivity index (χ2v) is 7.13. The Bertz CT molecular complexity index is 584. The standard InChI is InChI=1S/C16H16ClNOS2/c1-12(19)18-14-4-8-16(9-5-14)21-11-10-20-15-6-2-13(17)3-7-15/h2-9H,10-11H2,1H3,(H,18,19). The minimum Gasteiger partial charge on any atom is -0.326 e. The van der Waals surface area contributed by atoms with Gasteiger partial charge >= 0.3 is 0 Å². The molecule has 0 radical (unpaired) electrons. The topological polar surface area (TPSA) is 29.1 Å². The second-order valence-electron chi connectivity index (χ2n) is 4.36. The summed E-state index contributed by atoms with van der Waals surface area (Å²) in [6, 6.07) is 15.8. The van der Waals surface area contributed by atoms with Gasteiger partial charge in [0.05, 0.1) is 0 Å². The van der Waals surface area contributed by atoms with Crippen LogP contribution in [0.1, 0.15) is 6.92 Å². The zero-order valence-corrected chi connectivity index (χ0v) is 14.0. The number of hydrogen-bond acceptors (Lipinski definition) is 3. The van der Waals surface area contributed by atoms with Gasteiger partial charge in [-0.05, 0) is 48.5 Å². The predicted octanol–water partition coefficient (Wildman–Crippen LogP) is 5.18. The molecule has 110 valence electrons. The molecule has 0 aromatic heterocycles. The lowest BCUT2D eigenvalue weighted by Crippen LogP contribution is -2.05. The number of rotatable bonds is 6. The maximum absolute atomic E-state index is 10.9. The van der Waals surface area contributed by atoms with E-state index in [0.29, 0.717) is 0 Å². The maximum Gasteiger partial charge on any atom is 0.221 e. The monoisotopic (exact) mass is 337 g/mol. The molecule has 2 nitrogen and oxygen atoms in total. The van der Waals surface area contributed by atoms with Crippen LogP contribution in [-0.2, 0) is 4.79 Å². The summed E-state index contributed by atoms with van der Waals surface area (Å²) in [7, 11) is 0. The van der Waals surface area contributed by atoms with E-state index in [4.69, 9.17) is 11.6 Å². The third-order valence-electron chi connectivity index (χ3n) is 2.61. The molecule has 0 unspecified atom stereocenters. The molecule has 21 heavy (non-hydrogen) atoms. The summed E-state index contributed by atoms with van der Waals surface area (Å²) in [5.41, 5.74) is 0.836. The molecule has 0 spiro atoms. The fraction of sp³-hybridized carbons (Fsp3) is 0.188. The smallest absolute Gasteiger partial charge is 0.221 e. The first-order valence-electron chi connectivity index (χ1n) is 6.52. The summed E-state index contributed by atoms with van der Waals surface area (Å²) >= 11 is 9.49. The SMILES string of the molecule is CC(=O)Nc1ccc(SCCSc2ccc(Cl)cc2)cc1. The molecular weight excluding hydrogens is 322 g/mol. The zero-order valence-electron chi connectivity index (χ0n) is 11.6. The van der Waals surface area contributed by atoms with Gasteiger partial charge in [-0.1, -0.05) is 11.6 Å². The van der Waals surface area contributed by atoms with Crippen LogP contribution in [0.25, 0.3) is 0 Å². The number of hydrogen-bond donors (Lipinski definition) is 1. The highest BCUT2D eigenvalue weighted by atomic mass is 35.5. The molecule has 0 aliphatic carbocycles. The summed E-state index contributed by atoms with van der Waals surface area (Å²) in [5, 5.41) is 3.53. The lowest BCUT2D eigenvalue weighted by Gasteiger charge is -2.05. The number of carbonyl (C=O) groups excluding carboxylic acids is 1. The molecule has 0 aliphatic heterocycles. The average Bonchev–Trinajstić information content (AvgIpc) is 2.46. The fourth-order valence-corrected chi connectivity index (χ4v) is 3.61. The van der Waals surface area contributed by atoms with E-state index >= 15 is 0 Å². The summed E-state index contributed by atoms with van der Waals surface area (Å²) < 4.78 is 0. The van der Waals surface area contributed by atoms with Crippen molar-refractivity contribution in [3.8, 4) is 0 Å². The number of carbonyl (C=O) groups is 1. The highest BCUT2D eigenvalue weighted by Gasteiger charge is 1.99. The Morgan fingerprint density at radius 3 is 1.90 bits per heavy atom. The van der Waals surface area contributed by atoms with Gasteiger partial charge in [-0.25, -0.2) is 0 Å². The zero-order chi connectivity index (χ0) is 15.1. The van der Waals surface area contributed by atoms with Crippen LogP contribution in [0.4, 0.5) is 5.69 Å². The number of amides is 1. The van der Waals surface area contributed by atoms with Crippen LogP contribution in [0.5, 0.6) is 0 Å². The third-order valence-corrected chi connectivity index (χ3v) is 5.15. The first kappa shape index (κ1) is 16.3. The molecule has 0 atom stereocenters. The Morgan fingerprint density at radius 1 is 0.952 bits per heavy atom. The maximum atomic E-state index is 10.9. The Kier molecular flexibility index (Phi) is 6.49. The van der Waals surface area contributed by atoms with E-state index in [1.54, 1.807) is 0 Å². The Morgan fingerprint density at radius 2 is 1.43 bits per heavy atom. The van der Waals surface area contributed by atoms with E-state index in [0.717, 1.165) is 22.2 Å². The number of thioether (sulfide) groups is 2. The minimum atomic E-state index is -0.0465. The Hall–Kier alpha value is -1.10. The van der Waals surface area contributed by atoms with Gasteiger partial charge in [0.2, 0.25) is 5.91 Å². The van der Waals surface area contributed by atoms with Gasteiger partial charge in [-0.15, -0.1) is 23.5 Å². The van der Waals surface area contributed by atoms with E-state index in [-0.39, 0.29) is 5.91 Å².